The predicted molar refractivity (Wildman–Crippen MR) is 107 cm³/mol. The van der Waals surface area contributed by atoms with Gasteiger partial charge in [0.2, 0.25) is 0 Å². The number of benzene rings is 2. The minimum Gasteiger partial charge on any atom is -0.465 e. The van der Waals surface area contributed by atoms with Gasteiger partial charge in [0, 0.05) is 12.0 Å². The maximum Gasteiger partial charge on any atom is 0.337 e. The van der Waals surface area contributed by atoms with Crippen LogP contribution < -0.4 is 5.32 Å². The summed E-state index contributed by atoms with van der Waals surface area (Å²) in [5, 5.41) is 15.2. The number of ether oxygens (including phenoxy) is 1. The summed E-state index contributed by atoms with van der Waals surface area (Å²) in [7, 11) is 1.36. The van der Waals surface area contributed by atoms with E-state index in [1.807, 2.05) is 26.0 Å². The van der Waals surface area contributed by atoms with Crippen LogP contribution in [0.4, 0.5) is 11.4 Å². The lowest BCUT2D eigenvalue weighted by atomic mass is 9.74. The van der Waals surface area contributed by atoms with Crippen molar-refractivity contribution in [3.05, 3.63) is 80.4 Å². The third-order valence-electron chi connectivity index (χ3n) is 6.04. The van der Waals surface area contributed by atoms with Gasteiger partial charge >= 0.3 is 5.97 Å². The number of fused-ring (bicyclic) bond motifs is 3. The Labute approximate surface area is 163 Å². The molecule has 1 heterocycles. The first-order valence-corrected chi connectivity index (χ1v) is 9.32. The van der Waals surface area contributed by atoms with Crippen LogP contribution >= 0.6 is 0 Å². The molecular weight excluding hydrogens is 356 g/mol. The van der Waals surface area contributed by atoms with E-state index in [0.717, 1.165) is 28.7 Å². The number of rotatable bonds is 3. The van der Waals surface area contributed by atoms with Crippen molar-refractivity contribution in [2.24, 2.45) is 5.92 Å². The number of hydrogen-bond acceptors (Lipinski definition) is 5. The Morgan fingerprint density at radius 2 is 1.96 bits per heavy atom. The predicted octanol–water partition coefficient (Wildman–Crippen LogP) is 4.82. The molecular formula is C22H22N2O4. The van der Waals surface area contributed by atoms with Crippen LogP contribution in [-0.2, 0) is 4.74 Å². The second-order valence-corrected chi connectivity index (χ2v) is 7.47. The van der Waals surface area contributed by atoms with E-state index in [4.69, 9.17) is 4.74 Å². The van der Waals surface area contributed by atoms with Crippen LogP contribution in [0.25, 0.3) is 0 Å². The van der Waals surface area contributed by atoms with Gasteiger partial charge in [-0.15, -0.1) is 0 Å². The molecule has 0 fully saturated rings. The van der Waals surface area contributed by atoms with Crippen molar-refractivity contribution in [2.75, 3.05) is 12.4 Å². The van der Waals surface area contributed by atoms with E-state index in [1.54, 1.807) is 18.2 Å². The first-order chi connectivity index (χ1) is 13.4. The molecule has 144 valence electrons. The average molecular weight is 378 g/mol. The van der Waals surface area contributed by atoms with Crippen LogP contribution in [0.15, 0.2) is 42.5 Å². The van der Waals surface area contributed by atoms with Crippen LogP contribution in [0.3, 0.4) is 0 Å². The molecule has 0 unspecified atom stereocenters. The fourth-order valence-corrected chi connectivity index (χ4v) is 4.50. The number of allylic oxidation sites excluding steroid dienone is 2. The molecule has 0 spiro atoms. The molecule has 0 aromatic heterocycles. The van der Waals surface area contributed by atoms with Crippen LogP contribution in [0.5, 0.6) is 0 Å². The zero-order valence-corrected chi connectivity index (χ0v) is 16.1. The number of nitrogens with zero attached hydrogens (tertiary/aromatic N) is 1. The zero-order valence-electron chi connectivity index (χ0n) is 16.1. The molecule has 2 aliphatic rings. The summed E-state index contributed by atoms with van der Waals surface area (Å²) in [6.45, 7) is 3.96. The summed E-state index contributed by atoms with van der Waals surface area (Å²) in [5.74, 6) is 0.0346. The molecule has 0 amide bonds. The van der Waals surface area contributed by atoms with Crippen molar-refractivity contribution >= 4 is 17.3 Å². The number of nitrogens with one attached hydrogen (secondary N) is 1. The highest BCUT2D eigenvalue weighted by Gasteiger charge is 2.41. The van der Waals surface area contributed by atoms with E-state index in [9.17, 15) is 14.9 Å². The van der Waals surface area contributed by atoms with Crippen LogP contribution in [0.1, 0.15) is 51.0 Å². The molecule has 1 aliphatic heterocycles. The molecule has 6 nitrogen and oxygen atoms in total. The third-order valence-corrected chi connectivity index (χ3v) is 6.04. The van der Waals surface area contributed by atoms with Crippen molar-refractivity contribution in [3.63, 3.8) is 0 Å². The van der Waals surface area contributed by atoms with Gasteiger partial charge in [0.25, 0.3) is 5.69 Å². The summed E-state index contributed by atoms with van der Waals surface area (Å²) in [6, 6.07) is 8.86. The number of carbonyl (C=O) groups excluding carboxylic acids is 1. The van der Waals surface area contributed by atoms with Gasteiger partial charge in [-0.05, 0) is 60.6 Å². The summed E-state index contributed by atoms with van der Waals surface area (Å²) in [5.41, 5.74) is 5.30. The number of hydrogen-bond donors (Lipinski definition) is 1. The maximum absolute atomic E-state index is 11.7. The smallest absolute Gasteiger partial charge is 0.337 e. The molecule has 4 rings (SSSR count). The summed E-state index contributed by atoms with van der Waals surface area (Å²) >= 11 is 0. The van der Waals surface area contributed by atoms with Gasteiger partial charge in [0.05, 0.1) is 23.6 Å². The Balaban J connectivity index is 1.81. The van der Waals surface area contributed by atoms with Crippen LogP contribution in [-0.4, -0.2) is 18.0 Å². The number of esters is 1. The van der Waals surface area contributed by atoms with Gasteiger partial charge in [-0.25, -0.2) is 4.79 Å². The fraction of sp³-hybridized carbons (Fsp3) is 0.318. The minimum absolute atomic E-state index is 0.0694. The number of carbonyl (C=O) groups is 1. The second-order valence-electron chi connectivity index (χ2n) is 7.47. The van der Waals surface area contributed by atoms with Gasteiger partial charge in [0.15, 0.2) is 0 Å². The van der Waals surface area contributed by atoms with Gasteiger partial charge in [-0.3, -0.25) is 10.1 Å². The molecule has 6 heteroatoms. The Morgan fingerprint density at radius 1 is 1.25 bits per heavy atom. The zero-order chi connectivity index (χ0) is 20.0. The first-order valence-electron chi connectivity index (χ1n) is 9.32. The lowest BCUT2D eigenvalue weighted by Crippen LogP contribution is -2.30. The van der Waals surface area contributed by atoms with Gasteiger partial charge in [-0.2, -0.15) is 0 Å². The normalized spacial score (nSPS) is 22.2. The van der Waals surface area contributed by atoms with Crippen molar-refractivity contribution in [3.8, 4) is 0 Å². The Bertz CT molecular complexity index is 995. The molecule has 2 aromatic carbocycles. The maximum atomic E-state index is 11.7. The molecule has 0 bridgehead atoms. The number of anilines is 1. The largest absolute Gasteiger partial charge is 0.465 e. The quantitative estimate of drug-likeness (QED) is 0.358. The fourth-order valence-electron chi connectivity index (χ4n) is 4.50. The molecule has 1 N–H and O–H groups in total. The highest BCUT2D eigenvalue weighted by atomic mass is 16.6. The Morgan fingerprint density at radius 3 is 2.61 bits per heavy atom. The summed E-state index contributed by atoms with van der Waals surface area (Å²) < 4.78 is 4.76. The number of nitro benzene ring substituents is 1. The average Bonchev–Trinajstić information content (AvgIpc) is 3.18. The molecule has 0 saturated carbocycles. The lowest BCUT2D eigenvalue weighted by molar-refractivity contribution is -0.384. The molecule has 0 saturated heterocycles. The molecule has 1 aliphatic carbocycles. The Hall–Kier alpha value is -3.15. The van der Waals surface area contributed by atoms with E-state index >= 15 is 0 Å². The SMILES string of the molecule is COC(=O)c1ccc([C@@H]2Nc3c([N+](=O)[O-])cc(C)c(C)c3[C@@H]3C=CC[C@H]32)cc1. The third kappa shape index (κ3) is 2.76. The lowest BCUT2D eigenvalue weighted by Gasteiger charge is -2.38. The summed E-state index contributed by atoms with van der Waals surface area (Å²) in [4.78, 5) is 23.1. The Kier molecular flexibility index (Phi) is 4.41. The second kappa shape index (κ2) is 6.78. The van der Waals surface area contributed by atoms with Crippen molar-refractivity contribution in [1.82, 2.24) is 0 Å². The monoisotopic (exact) mass is 378 g/mol. The highest BCUT2D eigenvalue weighted by Crippen LogP contribution is 2.53. The van der Waals surface area contributed by atoms with Crippen molar-refractivity contribution in [2.45, 2.75) is 32.2 Å². The van der Waals surface area contributed by atoms with E-state index < -0.39 is 0 Å². The molecule has 28 heavy (non-hydrogen) atoms. The summed E-state index contributed by atoms with van der Waals surface area (Å²) in [6.07, 6.45) is 5.24. The number of nitro groups is 1. The molecule has 2 aromatic rings. The van der Waals surface area contributed by atoms with Gasteiger partial charge in [-0.1, -0.05) is 24.3 Å². The van der Waals surface area contributed by atoms with Crippen molar-refractivity contribution < 1.29 is 14.5 Å². The number of methoxy groups -OCH3 is 1. The minimum atomic E-state index is -0.379. The van der Waals surface area contributed by atoms with Gasteiger partial charge < -0.3 is 10.1 Å². The van der Waals surface area contributed by atoms with Crippen LogP contribution in [0, 0.1) is 29.9 Å². The molecule has 3 atom stereocenters. The standard InChI is InChI=1S/C22H22N2O4/c1-12-11-18(24(26)27)21-19(13(12)2)16-5-4-6-17(16)20(23-21)14-7-9-15(10-8-14)22(25)28-3/h4-5,7-11,16-17,20,23H,6H2,1-3H3/t16-,17-,20+/m1/s1. The number of aryl methyl sites for hydroxylation is 1. The van der Waals surface area contributed by atoms with E-state index in [-0.39, 0.29) is 34.5 Å². The van der Waals surface area contributed by atoms with E-state index in [1.165, 1.54) is 7.11 Å². The van der Waals surface area contributed by atoms with E-state index in [2.05, 4.69) is 17.5 Å². The van der Waals surface area contributed by atoms with Crippen LogP contribution in [0.2, 0.25) is 0 Å². The topological polar surface area (TPSA) is 81.5 Å². The van der Waals surface area contributed by atoms with E-state index in [0.29, 0.717) is 11.3 Å². The first kappa shape index (κ1) is 18.2. The van der Waals surface area contributed by atoms with Gasteiger partial charge in [0.1, 0.15) is 5.69 Å². The molecule has 0 radical (unpaired) electrons. The van der Waals surface area contributed by atoms with Crippen molar-refractivity contribution in [1.29, 1.82) is 0 Å². The highest BCUT2D eigenvalue weighted by molar-refractivity contribution is 5.89.